The molecule has 1 N–H and O–H groups in total. The van der Waals surface area contributed by atoms with E-state index in [-0.39, 0.29) is 11.4 Å². The van der Waals surface area contributed by atoms with Gasteiger partial charge in [-0.3, -0.25) is 14.9 Å². The summed E-state index contributed by atoms with van der Waals surface area (Å²) in [6, 6.07) is 4.23. The highest BCUT2D eigenvalue weighted by Crippen LogP contribution is 2.35. The predicted molar refractivity (Wildman–Crippen MR) is 101 cm³/mol. The van der Waals surface area contributed by atoms with Crippen LogP contribution in [-0.4, -0.2) is 34.5 Å². The van der Waals surface area contributed by atoms with Crippen LogP contribution in [-0.2, 0) is 0 Å². The first-order valence-electron chi connectivity index (χ1n) is 7.97. The number of aryl methyl sites for hydroxylation is 1. The Morgan fingerprint density at radius 1 is 1.37 bits per heavy atom. The molecular weight excluding hydrogens is 372 g/mol. The third kappa shape index (κ3) is 3.51. The van der Waals surface area contributed by atoms with Gasteiger partial charge >= 0.3 is 5.69 Å². The van der Waals surface area contributed by atoms with Crippen molar-refractivity contribution in [3.8, 4) is 11.6 Å². The fourth-order valence-corrected chi connectivity index (χ4v) is 3.63. The van der Waals surface area contributed by atoms with Gasteiger partial charge in [0.05, 0.1) is 28.9 Å². The molecule has 0 aliphatic carbocycles. The number of nitro benzene ring substituents is 1. The molecule has 2 aromatic heterocycles. The van der Waals surface area contributed by atoms with Crippen LogP contribution in [0.4, 0.5) is 11.4 Å². The van der Waals surface area contributed by atoms with E-state index >= 15 is 0 Å². The zero-order valence-electron chi connectivity index (χ0n) is 14.8. The lowest BCUT2D eigenvalue weighted by Gasteiger charge is -2.07. The molecule has 3 rings (SSSR count). The van der Waals surface area contributed by atoms with E-state index in [1.807, 2.05) is 6.92 Å². The largest absolute Gasteiger partial charge is 0.490 e. The number of carbonyl (C=O) groups excluding carboxylic acids is 1. The molecule has 0 unspecified atom stereocenters. The van der Waals surface area contributed by atoms with Gasteiger partial charge < -0.3 is 14.8 Å². The molecular formula is C17H16N4O5S. The summed E-state index contributed by atoms with van der Waals surface area (Å²) < 4.78 is 10.5. The van der Waals surface area contributed by atoms with Gasteiger partial charge in [0.25, 0.3) is 5.91 Å². The first-order valence-corrected chi connectivity index (χ1v) is 8.78. The van der Waals surface area contributed by atoms with Crippen LogP contribution in [0.5, 0.6) is 11.6 Å². The maximum Gasteiger partial charge on any atom is 0.312 e. The van der Waals surface area contributed by atoms with E-state index in [1.165, 1.54) is 43.0 Å². The molecule has 0 radical (unpaired) electrons. The fourth-order valence-electron chi connectivity index (χ4n) is 2.60. The first-order chi connectivity index (χ1) is 13.0. The van der Waals surface area contributed by atoms with Gasteiger partial charge in [0.15, 0.2) is 5.75 Å². The Balaban J connectivity index is 1.95. The van der Waals surface area contributed by atoms with Gasteiger partial charge in [-0.05, 0) is 31.5 Å². The van der Waals surface area contributed by atoms with Crippen molar-refractivity contribution in [2.24, 2.45) is 0 Å². The summed E-state index contributed by atoms with van der Waals surface area (Å²) in [4.78, 5) is 32.7. The number of hydrogen-bond acceptors (Lipinski definition) is 8. The number of amides is 1. The maximum atomic E-state index is 12.7. The van der Waals surface area contributed by atoms with Crippen molar-refractivity contribution < 1.29 is 19.2 Å². The molecule has 27 heavy (non-hydrogen) atoms. The van der Waals surface area contributed by atoms with E-state index in [0.29, 0.717) is 38.8 Å². The molecule has 0 spiro atoms. The van der Waals surface area contributed by atoms with Crippen molar-refractivity contribution in [1.82, 2.24) is 9.97 Å². The Bertz CT molecular complexity index is 1030. The molecule has 0 saturated carbocycles. The van der Waals surface area contributed by atoms with E-state index in [1.54, 1.807) is 6.92 Å². The average molecular weight is 388 g/mol. The summed E-state index contributed by atoms with van der Waals surface area (Å²) in [5.74, 6) is 0.153. The van der Waals surface area contributed by atoms with E-state index in [0.717, 1.165) is 0 Å². The Labute approximate surface area is 158 Å². The van der Waals surface area contributed by atoms with E-state index in [9.17, 15) is 14.9 Å². The topological polar surface area (TPSA) is 116 Å². The molecule has 0 aliphatic heterocycles. The SMILES string of the molecule is CCOc1ncnc2sc(C(=O)Nc3ccc(OC)c([N+](=O)[O-])c3)c(C)c12. The van der Waals surface area contributed by atoms with Gasteiger partial charge in [0, 0.05) is 11.8 Å². The lowest BCUT2D eigenvalue weighted by atomic mass is 10.2. The number of methoxy groups -OCH3 is 1. The highest BCUT2D eigenvalue weighted by molar-refractivity contribution is 7.20. The first kappa shape index (κ1) is 18.5. The molecule has 1 amide bonds. The van der Waals surface area contributed by atoms with Gasteiger partial charge in [0.2, 0.25) is 5.88 Å². The number of nitrogens with zero attached hydrogens (tertiary/aromatic N) is 3. The summed E-state index contributed by atoms with van der Waals surface area (Å²) in [6.07, 6.45) is 1.39. The molecule has 10 heteroatoms. The number of hydrogen-bond donors (Lipinski definition) is 1. The summed E-state index contributed by atoms with van der Waals surface area (Å²) in [7, 11) is 1.35. The van der Waals surface area contributed by atoms with Crippen LogP contribution in [0.25, 0.3) is 10.2 Å². The normalized spacial score (nSPS) is 10.6. The summed E-state index contributed by atoms with van der Waals surface area (Å²) in [5, 5.41) is 14.5. The minimum absolute atomic E-state index is 0.118. The summed E-state index contributed by atoms with van der Waals surface area (Å²) >= 11 is 1.21. The van der Waals surface area contributed by atoms with Crippen LogP contribution in [0.3, 0.4) is 0 Å². The number of anilines is 1. The number of nitro groups is 1. The van der Waals surface area contributed by atoms with Crippen LogP contribution < -0.4 is 14.8 Å². The highest BCUT2D eigenvalue weighted by Gasteiger charge is 2.21. The van der Waals surface area contributed by atoms with Gasteiger partial charge in [-0.25, -0.2) is 9.97 Å². The predicted octanol–water partition coefficient (Wildman–Crippen LogP) is 3.57. The lowest BCUT2D eigenvalue weighted by Crippen LogP contribution is -2.11. The molecule has 0 atom stereocenters. The van der Waals surface area contributed by atoms with Crippen LogP contribution in [0.1, 0.15) is 22.2 Å². The van der Waals surface area contributed by atoms with Gasteiger partial charge in [-0.15, -0.1) is 11.3 Å². The standard InChI is InChI=1S/C17H16N4O5S/c1-4-26-16-13-9(2)14(27-17(13)19-8-18-16)15(22)20-10-5-6-12(25-3)11(7-10)21(23)24/h5-8H,4H2,1-3H3,(H,20,22). The quantitative estimate of drug-likeness (QED) is 0.507. The van der Waals surface area contributed by atoms with E-state index in [2.05, 4.69) is 15.3 Å². The van der Waals surface area contributed by atoms with Gasteiger partial charge in [0.1, 0.15) is 11.2 Å². The van der Waals surface area contributed by atoms with E-state index < -0.39 is 10.8 Å². The van der Waals surface area contributed by atoms with Crippen molar-refractivity contribution >= 4 is 38.8 Å². The second-order valence-electron chi connectivity index (χ2n) is 5.45. The molecule has 3 aromatic rings. The fraction of sp³-hybridized carbons (Fsp3) is 0.235. The molecule has 9 nitrogen and oxygen atoms in total. The maximum absolute atomic E-state index is 12.7. The Morgan fingerprint density at radius 2 is 2.15 bits per heavy atom. The summed E-state index contributed by atoms with van der Waals surface area (Å²) in [6.45, 7) is 4.08. The summed E-state index contributed by atoms with van der Waals surface area (Å²) in [5.41, 5.74) is 0.757. The monoisotopic (exact) mass is 388 g/mol. The number of benzene rings is 1. The number of carbonyl (C=O) groups is 1. The number of rotatable bonds is 6. The van der Waals surface area contributed by atoms with Crippen LogP contribution in [0.15, 0.2) is 24.5 Å². The number of thiophene rings is 1. The van der Waals surface area contributed by atoms with Gasteiger partial charge in [-0.2, -0.15) is 0 Å². The van der Waals surface area contributed by atoms with Crippen molar-refractivity contribution in [2.45, 2.75) is 13.8 Å². The lowest BCUT2D eigenvalue weighted by molar-refractivity contribution is -0.385. The smallest absolute Gasteiger partial charge is 0.312 e. The van der Waals surface area contributed by atoms with Crippen molar-refractivity contribution in [1.29, 1.82) is 0 Å². The van der Waals surface area contributed by atoms with Crippen molar-refractivity contribution in [3.63, 3.8) is 0 Å². The van der Waals surface area contributed by atoms with Gasteiger partial charge in [-0.1, -0.05) is 0 Å². The van der Waals surface area contributed by atoms with Crippen LogP contribution in [0, 0.1) is 17.0 Å². The van der Waals surface area contributed by atoms with Crippen LogP contribution in [0.2, 0.25) is 0 Å². The van der Waals surface area contributed by atoms with Crippen molar-refractivity contribution in [3.05, 3.63) is 45.1 Å². The average Bonchev–Trinajstić information content (AvgIpc) is 2.99. The van der Waals surface area contributed by atoms with Crippen LogP contribution >= 0.6 is 11.3 Å². The number of nitrogens with one attached hydrogen (secondary N) is 1. The number of ether oxygens (including phenoxy) is 2. The highest BCUT2D eigenvalue weighted by atomic mass is 32.1. The molecule has 0 bridgehead atoms. The number of fused-ring (bicyclic) bond motifs is 1. The molecule has 0 saturated heterocycles. The minimum Gasteiger partial charge on any atom is -0.490 e. The Hall–Kier alpha value is -3.27. The Morgan fingerprint density at radius 3 is 2.81 bits per heavy atom. The molecule has 1 aromatic carbocycles. The minimum atomic E-state index is -0.566. The zero-order valence-corrected chi connectivity index (χ0v) is 15.6. The second kappa shape index (κ2) is 7.54. The third-order valence-corrected chi connectivity index (χ3v) is 5.01. The van der Waals surface area contributed by atoms with Crippen molar-refractivity contribution in [2.75, 3.05) is 19.0 Å². The van der Waals surface area contributed by atoms with E-state index in [4.69, 9.17) is 9.47 Å². The molecule has 2 heterocycles. The second-order valence-corrected chi connectivity index (χ2v) is 6.45. The number of aromatic nitrogens is 2. The Kier molecular flexibility index (Phi) is 5.17. The zero-order chi connectivity index (χ0) is 19.6. The molecule has 140 valence electrons. The third-order valence-electron chi connectivity index (χ3n) is 3.81. The molecule has 0 aliphatic rings. The molecule has 0 fully saturated rings.